The molecule has 3 unspecified atom stereocenters. The quantitative estimate of drug-likeness (QED) is 0.756. The molecule has 4 atom stereocenters. The predicted molar refractivity (Wildman–Crippen MR) is 94.0 cm³/mol. The van der Waals surface area contributed by atoms with Crippen molar-refractivity contribution in [2.45, 2.75) is 44.9 Å². The molecular formula is C19H28O7. The van der Waals surface area contributed by atoms with E-state index in [1.54, 1.807) is 21.1 Å². The number of esters is 1. The van der Waals surface area contributed by atoms with Gasteiger partial charge in [0, 0.05) is 26.2 Å². The van der Waals surface area contributed by atoms with E-state index in [0.29, 0.717) is 19.8 Å². The maximum absolute atomic E-state index is 9.82. The molecule has 0 amide bonds. The highest BCUT2D eigenvalue weighted by molar-refractivity contribution is 5.65. The van der Waals surface area contributed by atoms with E-state index in [-0.39, 0.29) is 30.6 Å². The summed E-state index contributed by atoms with van der Waals surface area (Å²) in [5.74, 6) is 0.607. The third-order valence-electron chi connectivity index (χ3n) is 4.20. The number of carbonyl (C=O) groups excluding carboxylic acids is 1. The van der Waals surface area contributed by atoms with Crippen molar-refractivity contribution >= 4 is 5.97 Å². The molecule has 3 rings (SSSR count). The Morgan fingerprint density at radius 1 is 1.19 bits per heavy atom. The molecule has 2 fully saturated rings. The first-order valence-corrected chi connectivity index (χ1v) is 8.77. The summed E-state index contributed by atoms with van der Waals surface area (Å²) in [5.41, 5.74) is 0.977. The van der Waals surface area contributed by atoms with Crippen LogP contribution in [0.1, 0.15) is 32.1 Å². The highest BCUT2D eigenvalue weighted by Crippen LogP contribution is 2.33. The van der Waals surface area contributed by atoms with Gasteiger partial charge >= 0.3 is 5.97 Å². The minimum absolute atomic E-state index is 0.0387. The van der Waals surface area contributed by atoms with Crippen LogP contribution in [-0.2, 0) is 28.5 Å². The first kappa shape index (κ1) is 20.6. The van der Waals surface area contributed by atoms with Crippen LogP contribution in [0.2, 0.25) is 0 Å². The molecule has 26 heavy (non-hydrogen) atoms. The van der Waals surface area contributed by atoms with E-state index in [9.17, 15) is 4.79 Å². The molecule has 1 aromatic rings. The Morgan fingerprint density at radius 2 is 1.92 bits per heavy atom. The molecule has 0 spiro atoms. The van der Waals surface area contributed by atoms with Crippen LogP contribution in [0.5, 0.6) is 5.75 Å². The van der Waals surface area contributed by atoms with Crippen LogP contribution in [0.3, 0.4) is 0 Å². The number of ether oxygens (including phenoxy) is 6. The second-order valence-corrected chi connectivity index (χ2v) is 5.94. The molecule has 0 N–H and O–H groups in total. The normalized spacial score (nSPS) is 27.5. The molecule has 0 saturated carbocycles. The third kappa shape index (κ3) is 5.67. The van der Waals surface area contributed by atoms with Gasteiger partial charge < -0.3 is 28.4 Å². The second-order valence-electron chi connectivity index (χ2n) is 5.94. The van der Waals surface area contributed by atoms with E-state index >= 15 is 0 Å². The van der Waals surface area contributed by atoms with Gasteiger partial charge in [-0.05, 0) is 25.5 Å². The molecular weight excluding hydrogens is 340 g/mol. The van der Waals surface area contributed by atoms with E-state index in [0.717, 1.165) is 17.7 Å². The SMILES string of the molecule is CCOC(C)=O.COc1ccc(C2OCC3OCCC(OC)[C@@H]3O2)cc1. The minimum Gasteiger partial charge on any atom is -0.497 e. The molecule has 0 aliphatic carbocycles. The van der Waals surface area contributed by atoms with Crippen LogP contribution < -0.4 is 4.74 Å². The van der Waals surface area contributed by atoms with Gasteiger partial charge in [0.15, 0.2) is 6.29 Å². The molecule has 1 aromatic carbocycles. The Labute approximate surface area is 154 Å². The molecule has 2 aliphatic heterocycles. The van der Waals surface area contributed by atoms with E-state index in [4.69, 9.17) is 23.7 Å². The van der Waals surface area contributed by atoms with Gasteiger partial charge in [0.2, 0.25) is 0 Å². The number of carbonyl (C=O) groups is 1. The van der Waals surface area contributed by atoms with E-state index in [1.165, 1.54) is 6.92 Å². The minimum atomic E-state index is -0.374. The molecule has 2 saturated heterocycles. The Bertz CT molecular complexity index is 539. The zero-order valence-electron chi connectivity index (χ0n) is 15.8. The van der Waals surface area contributed by atoms with Crippen molar-refractivity contribution in [1.29, 1.82) is 0 Å². The fourth-order valence-corrected chi connectivity index (χ4v) is 2.91. The van der Waals surface area contributed by atoms with Crippen molar-refractivity contribution in [2.24, 2.45) is 0 Å². The van der Waals surface area contributed by atoms with Gasteiger partial charge in [-0.1, -0.05) is 12.1 Å². The molecule has 2 heterocycles. The summed E-state index contributed by atoms with van der Waals surface area (Å²) in [4.78, 5) is 9.82. The van der Waals surface area contributed by atoms with Crippen LogP contribution in [0.25, 0.3) is 0 Å². The lowest BCUT2D eigenvalue weighted by Crippen LogP contribution is -2.52. The van der Waals surface area contributed by atoms with Gasteiger partial charge in [-0.3, -0.25) is 4.79 Å². The van der Waals surface area contributed by atoms with Crippen molar-refractivity contribution in [3.8, 4) is 5.75 Å². The molecule has 7 heteroatoms. The number of methoxy groups -OCH3 is 2. The number of hydrogen-bond donors (Lipinski definition) is 0. The summed E-state index contributed by atoms with van der Waals surface area (Å²) < 4.78 is 32.5. The first-order valence-electron chi connectivity index (χ1n) is 8.77. The van der Waals surface area contributed by atoms with Gasteiger partial charge in [-0.2, -0.15) is 0 Å². The molecule has 0 radical (unpaired) electrons. The fraction of sp³-hybridized carbons (Fsp3) is 0.632. The summed E-state index contributed by atoms with van der Waals surface area (Å²) in [6.45, 7) is 4.88. The smallest absolute Gasteiger partial charge is 0.302 e. The monoisotopic (exact) mass is 368 g/mol. The summed E-state index contributed by atoms with van der Waals surface area (Å²) in [5, 5.41) is 0. The average molecular weight is 368 g/mol. The van der Waals surface area contributed by atoms with Crippen LogP contribution in [0.15, 0.2) is 24.3 Å². The maximum Gasteiger partial charge on any atom is 0.302 e. The maximum atomic E-state index is 9.82. The standard InChI is InChI=1S/C15H20O5.C4H8O2/c1-16-11-5-3-10(4-6-11)15-19-9-13-14(20-15)12(17-2)7-8-18-13;1-3-6-4(2)5/h3-6,12-15H,7-9H2,1-2H3;3H2,1-2H3/t12?,13?,14-,15?;/m0./s1. The molecule has 0 aromatic heterocycles. The Morgan fingerprint density at radius 3 is 2.46 bits per heavy atom. The molecule has 0 bridgehead atoms. The van der Waals surface area contributed by atoms with Crippen LogP contribution in [-0.4, -0.2) is 58.3 Å². The number of hydrogen-bond acceptors (Lipinski definition) is 7. The number of fused-ring (bicyclic) bond motifs is 1. The fourth-order valence-electron chi connectivity index (χ4n) is 2.91. The highest BCUT2D eigenvalue weighted by Gasteiger charge is 2.41. The van der Waals surface area contributed by atoms with E-state index in [1.807, 2.05) is 24.3 Å². The van der Waals surface area contributed by atoms with Crippen molar-refractivity contribution < 1.29 is 33.2 Å². The van der Waals surface area contributed by atoms with Gasteiger partial charge in [0.05, 0.1) is 26.4 Å². The molecule has 146 valence electrons. The van der Waals surface area contributed by atoms with E-state index in [2.05, 4.69) is 4.74 Å². The van der Waals surface area contributed by atoms with Gasteiger partial charge in [-0.25, -0.2) is 0 Å². The van der Waals surface area contributed by atoms with Crippen LogP contribution >= 0.6 is 0 Å². The third-order valence-corrected chi connectivity index (χ3v) is 4.20. The predicted octanol–water partition coefficient (Wildman–Crippen LogP) is 2.48. The Hall–Kier alpha value is -1.67. The summed E-state index contributed by atoms with van der Waals surface area (Å²) in [7, 11) is 3.37. The zero-order chi connectivity index (χ0) is 18.9. The molecule has 2 aliphatic rings. The van der Waals surface area contributed by atoms with Crippen LogP contribution in [0.4, 0.5) is 0 Å². The Kier molecular flexibility index (Phi) is 8.31. The Balaban J connectivity index is 0.000000352. The van der Waals surface area contributed by atoms with Crippen molar-refractivity contribution in [1.82, 2.24) is 0 Å². The van der Waals surface area contributed by atoms with Crippen molar-refractivity contribution in [3.63, 3.8) is 0 Å². The largest absolute Gasteiger partial charge is 0.497 e. The lowest BCUT2D eigenvalue weighted by atomic mass is 10.0. The van der Waals surface area contributed by atoms with Crippen LogP contribution in [0, 0.1) is 0 Å². The second kappa shape index (κ2) is 10.5. The first-order chi connectivity index (χ1) is 12.6. The number of benzene rings is 1. The summed E-state index contributed by atoms with van der Waals surface area (Å²) in [6.07, 6.45) is 0.435. The average Bonchev–Trinajstić information content (AvgIpc) is 2.67. The van der Waals surface area contributed by atoms with Gasteiger partial charge in [0.25, 0.3) is 0 Å². The van der Waals surface area contributed by atoms with Crippen molar-refractivity contribution in [3.05, 3.63) is 29.8 Å². The lowest BCUT2D eigenvalue weighted by Gasteiger charge is -2.42. The zero-order valence-corrected chi connectivity index (χ0v) is 15.8. The van der Waals surface area contributed by atoms with Gasteiger partial charge in [0.1, 0.15) is 18.0 Å². The lowest BCUT2D eigenvalue weighted by molar-refractivity contribution is -0.301. The molecule has 7 nitrogen and oxygen atoms in total. The van der Waals surface area contributed by atoms with Gasteiger partial charge in [-0.15, -0.1) is 0 Å². The summed E-state index contributed by atoms with van der Waals surface area (Å²) in [6, 6.07) is 7.71. The summed E-state index contributed by atoms with van der Waals surface area (Å²) >= 11 is 0. The highest BCUT2D eigenvalue weighted by atomic mass is 16.7. The van der Waals surface area contributed by atoms with E-state index < -0.39 is 0 Å². The number of rotatable bonds is 4. The van der Waals surface area contributed by atoms with Crippen molar-refractivity contribution in [2.75, 3.05) is 34.0 Å². The topological polar surface area (TPSA) is 72.5 Å².